The van der Waals surface area contributed by atoms with Crippen molar-refractivity contribution in [2.75, 3.05) is 5.75 Å². The van der Waals surface area contributed by atoms with Crippen molar-refractivity contribution in [3.8, 4) is 0 Å². The third-order valence-electron chi connectivity index (χ3n) is 3.99. The van der Waals surface area contributed by atoms with E-state index < -0.39 is 66.0 Å². The Hall–Kier alpha value is -2.42. The summed E-state index contributed by atoms with van der Waals surface area (Å²) in [5.41, 5.74) is 10.5. The van der Waals surface area contributed by atoms with Gasteiger partial charge < -0.3 is 42.7 Å². The Bertz CT molecular complexity index is 645. The molecule has 0 fully saturated rings. The van der Waals surface area contributed by atoms with Gasteiger partial charge in [0, 0.05) is 12.2 Å². The SMILES string of the molecule is CC(O)C(N)C(=O)NC(C(=O)NC(CCC(N)=O)C(=O)NC(CS)C(=O)O)C(C)O. The van der Waals surface area contributed by atoms with Crippen LogP contribution in [0.2, 0.25) is 0 Å². The standard InChI is InChI=1S/C16H29N5O8S/c1-6(22)11(18)14(26)21-12(7(2)23)15(27)19-8(3-4-10(17)24)13(25)20-9(5-30)16(28)29/h6-9,11-12,22-23,30H,3-5,18H2,1-2H3,(H2,17,24)(H,19,27)(H,20,25)(H,21,26)(H,28,29). The van der Waals surface area contributed by atoms with Crippen LogP contribution in [-0.4, -0.2) is 87.0 Å². The summed E-state index contributed by atoms with van der Waals surface area (Å²) in [7, 11) is 0. The number of rotatable bonds is 13. The van der Waals surface area contributed by atoms with E-state index in [4.69, 9.17) is 16.6 Å². The normalized spacial score (nSPS) is 16.9. The molecule has 0 aliphatic heterocycles. The Morgan fingerprint density at radius 1 is 0.900 bits per heavy atom. The van der Waals surface area contributed by atoms with Crippen LogP contribution in [0.5, 0.6) is 0 Å². The van der Waals surface area contributed by atoms with Crippen LogP contribution in [0.1, 0.15) is 26.7 Å². The molecule has 6 atom stereocenters. The van der Waals surface area contributed by atoms with Crippen molar-refractivity contribution >= 4 is 42.2 Å². The zero-order chi connectivity index (χ0) is 23.6. The number of carbonyl (C=O) groups is 5. The molecule has 0 saturated carbocycles. The van der Waals surface area contributed by atoms with E-state index in [0.29, 0.717) is 0 Å². The number of hydrogen-bond acceptors (Lipinski definition) is 9. The Kier molecular flexibility index (Phi) is 11.9. The summed E-state index contributed by atoms with van der Waals surface area (Å²) in [6.07, 6.45) is -3.22. The van der Waals surface area contributed by atoms with Crippen LogP contribution in [0.3, 0.4) is 0 Å². The third-order valence-corrected chi connectivity index (χ3v) is 4.36. The Morgan fingerprint density at radius 3 is 1.83 bits per heavy atom. The third kappa shape index (κ3) is 9.39. The van der Waals surface area contributed by atoms with Gasteiger partial charge in [-0.15, -0.1) is 0 Å². The van der Waals surface area contributed by atoms with Crippen molar-refractivity contribution in [2.24, 2.45) is 11.5 Å². The van der Waals surface area contributed by atoms with Crippen LogP contribution in [0.4, 0.5) is 0 Å². The summed E-state index contributed by atoms with van der Waals surface area (Å²) < 4.78 is 0. The van der Waals surface area contributed by atoms with Gasteiger partial charge in [-0.3, -0.25) is 19.2 Å². The first kappa shape index (κ1) is 27.6. The highest BCUT2D eigenvalue weighted by Gasteiger charge is 2.33. The van der Waals surface area contributed by atoms with Gasteiger partial charge in [0.15, 0.2) is 0 Å². The first-order valence-electron chi connectivity index (χ1n) is 8.96. The Balaban J connectivity index is 5.42. The number of amides is 4. The van der Waals surface area contributed by atoms with Crippen molar-refractivity contribution in [1.29, 1.82) is 0 Å². The molecule has 172 valence electrons. The molecule has 0 aromatic rings. The number of thiol groups is 1. The number of primary amides is 1. The molecule has 0 heterocycles. The number of nitrogens with one attached hydrogen (secondary N) is 3. The Morgan fingerprint density at radius 2 is 1.43 bits per heavy atom. The summed E-state index contributed by atoms with van der Waals surface area (Å²) in [4.78, 5) is 59.1. The molecule has 4 amide bonds. The lowest BCUT2D eigenvalue weighted by atomic mass is 10.1. The first-order chi connectivity index (χ1) is 13.8. The van der Waals surface area contributed by atoms with Gasteiger partial charge in [-0.2, -0.15) is 12.6 Å². The highest BCUT2D eigenvalue weighted by atomic mass is 32.1. The number of aliphatic carboxylic acids is 1. The fraction of sp³-hybridized carbons (Fsp3) is 0.688. The largest absolute Gasteiger partial charge is 0.480 e. The number of hydrogen-bond donors (Lipinski definition) is 9. The minimum Gasteiger partial charge on any atom is -0.480 e. The van der Waals surface area contributed by atoms with E-state index in [0.717, 1.165) is 0 Å². The van der Waals surface area contributed by atoms with E-state index in [-0.39, 0.29) is 18.6 Å². The molecule has 0 aliphatic carbocycles. The lowest BCUT2D eigenvalue weighted by Gasteiger charge is -2.26. The van der Waals surface area contributed by atoms with E-state index in [1.165, 1.54) is 13.8 Å². The second-order valence-corrected chi connectivity index (χ2v) is 7.01. The van der Waals surface area contributed by atoms with Crippen LogP contribution >= 0.6 is 12.6 Å². The maximum absolute atomic E-state index is 12.5. The molecule has 0 rings (SSSR count). The molecule has 30 heavy (non-hydrogen) atoms. The molecule has 0 aromatic heterocycles. The number of aliphatic hydroxyl groups excluding tert-OH is 2. The van der Waals surface area contributed by atoms with Gasteiger partial charge in [-0.25, -0.2) is 4.79 Å². The zero-order valence-electron chi connectivity index (χ0n) is 16.6. The Labute approximate surface area is 178 Å². The van der Waals surface area contributed by atoms with Crippen molar-refractivity contribution in [3.05, 3.63) is 0 Å². The second kappa shape index (κ2) is 13.0. The minimum absolute atomic E-state index is 0.235. The van der Waals surface area contributed by atoms with E-state index in [1.807, 2.05) is 0 Å². The number of nitrogens with two attached hydrogens (primary N) is 2. The molecular formula is C16H29N5O8S. The average molecular weight is 452 g/mol. The molecule has 0 bridgehead atoms. The van der Waals surface area contributed by atoms with Gasteiger partial charge >= 0.3 is 5.97 Å². The molecule has 0 aromatic carbocycles. The van der Waals surface area contributed by atoms with Gasteiger partial charge in [-0.1, -0.05) is 0 Å². The fourth-order valence-electron chi connectivity index (χ4n) is 2.15. The monoisotopic (exact) mass is 451 g/mol. The van der Waals surface area contributed by atoms with Crippen LogP contribution in [0.15, 0.2) is 0 Å². The maximum Gasteiger partial charge on any atom is 0.327 e. The van der Waals surface area contributed by atoms with Gasteiger partial charge in [0.25, 0.3) is 0 Å². The lowest BCUT2D eigenvalue weighted by molar-refractivity contribution is -0.142. The summed E-state index contributed by atoms with van der Waals surface area (Å²) in [6.45, 7) is 2.45. The average Bonchev–Trinajstić information content (AvgIpc) is 2.65. The summed E-state index contributed by atoms with van der Waals surface area (Å²) in [5, 5.41) is 34.8. The summed E-state index contributed by atoms with van der Waals surface area (Å²) >= 11 is 3.82. The number of carboxylic acid groups (broad SMARTS) is 1. The van der Waals surface area contributed by atoms with E-state index >= 15 is 0 Å². The molecular weight excluding hydrogens is 422 g/mol. The van der Waals surface area contributed by atoms with Crippen LogP contribution in [0.25, 0.3) is 0 Å². The molecule has 0 saturated heterocycles. The molecule has 0 spiro atoms. The molecule has 14 heteroatoms. The van der Waals surface area contributed by atoms with Crippen molar-refractivity contribution in [3.63, 3.8) is 0 Å². The highest BCUT2D eigenvalue weighted by Crippen LogP contribution is 2.03. The first-order valence-corrected chi connectivity index (χ1v) is 9.59. The van der Waals surface area contributed by atoms with Gasteiger partial charge in [0.05, 0.1) is 12.2 Å². The number of aliphatic hydroxyl groups is 2. The highest BCUT2D eigenvalue weighted by molar-refractivity contribution is 7.80. The van der Waals surface area contributed by atoms with Crippen molar-refractivity contribution in [2.45, 2.75) is 63.1 Å². The molecule has 13 nitrogen and oxygen atoms in total. The zero-order valence-corrected chi connectivity index (χ0v) is 17.5. The summed E-state index contributed by atoms with van der Waals surface area (Å²) in [6, 6.07) is -5.67. The quantitative estimate of drug-likeness (QED) is 0.123. The fourth-order valence-corrected chi connectivity index (χ4v) is 2.40. The van der Waals surface area contributed by atoms with Gasteiger partial charge in [0.1, 0.15) is 24.2 Å². The summed E-state index contributed by atoms with van der Waals surface area (Å²) in [5.74, 6) is -5.22. The molecule has 6 unspecified atom stereocenters. The van der Waals surface area contributed by atoms with E-state index in [1.54, 1.807) is 0 Å². The maximum atomic E-state index is 12.5. The molecule has 0 radical (unpaired) electrons. The second-order valence-electron chi connectivity index (χ2n) is 6.64. The van der Waals surface area contributed by atoms with Gasteiger partial charge in [-0.05, 0) is 20.3 Å². The number of carbonyl (C=O) groups excluding carboxylic acids is 4. The van der Waals surface area contributed by atoms with Crippen LogP contribution in [0, 0.1) is 0 Å². The molecule has 10 N–H and O–H groups in total. The topological polar surface area (TPSA) is 234 Å². The van der Waals surface area contributed by atoms with Crippen molar-refractivity contribution < 1.29 is 39.3 Å². The number of carboxylic acids is 1. The van der Waals surface area contributed by atoms with E-state index in [9.17, 15) is 34.2 Å². The lowest BCUT2D eigenvalue weighted by Crippen LogP contribution is -2.60. The predicted octanol–water partition coefficient (Wildman–Crippen LogP) is -4.19. The van der Waals surface area contributed by atoms with Crippen LogP contribution < -0.4 is 27.4 Å². The molecule has 0 aliphatic rings. The predicted molar refractivity (Wildman–Crippen MR) is 107 cm³/mol. The van der Waals surface area contributed by atoms with Crippen molar-refractivity contribution in [1.82, 2.24) is 16.0 Å². The smallest absolute Gasteiger partial charge is 0.327 e. The minimum atomic E-state index is -1.55. The van der Waals surface area contributed by atoms with E-state index in [2.05, 4.69) is 28.6 Å². The van der Waals surface area contributed by atoms with Gasteiger partial charge in [0.2, 0.25) is 23.6 Å². The van der Waals surface area contributed by atoms with Crippen LogP contribution in [-0.2, 0) is 24.0 Å².